The van der Waals surface area contributed by atoms with Gasteiger partial charge in [0.2, 0.25) is 0 Å². The second kappa shape index (κ2) is 5.47. The molecule has 0 atom stereocenters. The molecule has 0 amide bonds. The van der Waals surface area contributed by atoms with Crippen LogP contribution < -0.4 is 5.32 Å². The van der Waals surface area contributed by atoms with Crippen LogP contribution >= 0.6 is 11.8 Å². The van der Waals surface area contributed by atoms with E-state index in [4.69, 9.17) is 9.47 Å². The Morgan fingerprint density at radius 3 is 2.35 bits per heavy atom. The fraction of sp³-hybridized carbons (Fsp3) is 1.00. The molecule has 3 nitrogen and oxygen atoms in total. The first kappa shape index (κ1) is 13.7. The van der Waals surface area contributed by atoms with Crippen molar-refractivity contribution in [3.63, 3.8) is 0 Å². The summed E-state index contributed by atoms with van der Waals surface area (Å²) in [6.07, 6.45) is 6.61. The molecule has 100 valence electrons. The van der Waals surface area contributed by atoms with Gasteiger partial charge in [-0.1, -0.05) is 0 Å². The molecular weight excluding hydrogens is 234 g/mol. The highest BCUT2D eigenvalue weighted by Crippen LogP contribution is 2.35. The van der Waals surface area contributed by atoms with Crippen LogP contribution in [-0.2, 0) is 9.47 Å². The molecule has 1 saturated carbocycles. The van der Waals surface area contributed by atoms with E-state index in [0.29, 0.717) is 10.8 Å². The number of thioether (sulfide) groups is 1. The summed E-state index contributed by atoms with van der Waals surface area (Å²) in [6, 6.07) is 0.639. The van der Waals surface area contributed by atoms with E-state index in [1.807, 2.05) is 11.8 Å². The molecule has 0 aromatic rings. The van der Waals surface area contributed by atoms with Gasteiger partial charge < -0.3 is 14.8 Å². The zero-order valence-electron chi connectivity index (χ0n) is 11.3. The van der Waals surface area contributed by atoms with Crippen LogP contribution in [0.25, 0.3) is 0 Å². The normalized spacial score (nSPS) is 25.6. The summed E-state index contributed by atoms with van der Waals surface area (Å²) >= 11 is 1.92. The molecule has 0 aromatic carbocycles. The van der Waals surface area contributed by atoms with E-state index in [-0.39, 0.29) is 5.79 Å². The lowest BCUT2D eigenvalue weighted by molar-refractivity contribution is -0.179. The molecule has 1 aliphatic heterocycles. The van der Waals surface area contributed by atoms with E-state index in [1.54, 1.807) is 0 Å². The Bertz CT molecular complexity index is 242. The number of hydrogen-bond donors (Lipinski definition) is 1. The maximum absolute atomic E-state index is 5.74. The van der Waals surface area contributed by atoms with Gasteiger partial charge in [0.15, 0.2) is 5.79 Å². The summed E-state index contributed by atoms with van der Waals surface area (Å²) in [7, 11) is 0. The molecule has 0 aromatic heterocycles. The summed E-state index contributed by atoms with van der Waals surface area (Å²) < 4.78 is 11.8. The Balaban J connectivity index is 1.72. The van der Waals surface area contributed by atoms with Crippen LogP contribution in [0.3, 0.4) is 0 Å². The second-order valence-corrected chi connectivity index (χ2v) is 7.24. The number of rotatable bonds is 4. The highest BCUT2D eigenvalue weighted by atomic mass is 32.2. The number of hydrogen-bond acceptors (Lipinski definition) is 4. The van der Waals surface area contributed by atoms with E-state index in [2.05, 4.69) is 25.4 Å². The minimum atomic E-state index is -0.215. The molecule has 2 rings (SSSR count). The standard InChI is InChI=1S/C13H25NO2S/c1-12(2,17-3)10-14-11-4-6-13(7-5-11)15-8-9-16-13/h11,14H,4-10H2,1-3H3. The first-order valence-corrected chi connectivity index (χ1v) is 7.84. The first-order valence-electron chi connectivity index (χ1n) is 6.62. The predicted octanol–water partition coefficient (Wildman–Crippen LogP) is 2.40. The summed E-state index contributed by atoms with van der Waals surface area (Å²) in [5.41, 5.74) is 0. The fourth-order valence-corrected chi connectivity index (χ4v) is 2.74. The molecular formula is C13H25NO2S. The van der Waals surface area contributed by atoms with Crippen LogP contribution in [0.4, 0.5) is 0 Å². The Morgan fingerprint density at radius 2 is 1.82 bits per heavy atom. The lowest BCUT2D eigenvalue weighted by atomic mass is 9.90. The van der Waals surface area contributed by atoms with Crippen LogP contribution in [0, 0.1) is 0 Å². The number of nitrogens with one attached hydrogen (secondary N) is 1. The Kier molecular flexibility index (Phi) is 4.40. The molecule has 0 unspecified atom stereocenters. The van der Waals surface area contributed by atoms with Crippen LogP contribution in [0.15, 0.2) is 0 Å². The molecule has 2 aliphatic rings. The lowest BCUT2D eigenvalue weighted by Crippen LogP contribution is -2.45. The summed E-state index contributed by atoms with van der Waals surface area (Å²) in [5, 5.41) is 3.69. The highest BCUT2D eigenvalue weighted by Gasteiger charge is 2.40. The van der Waals surface area contributed by atoms with Gasteiger partial charge >= 0.3 is 0 Å². The van der Waals surface area contributed by atoms with Crippen LogP contribution in [0.1, 0.15) is 39.5 Å². The smallest absolute Gasteiger partial charge is 0.168 e. The second-order valence-electron chi connectivity index (χ2n) is 5.73. The van der Waals surface area contributed by atoms with Gasteiger partial charge in [0, 0.05) is 30.2 Å². The van der Waals surface area contributed by atoms with Gasteiger partial charge in [-0.2, -0.15) is 11.8 Å². The third kappa shape index (κ3) is 3.60. The summed E-state index contributed by atoms with van der Waals surface area (Å²) in [5.74, 6) is -0.215. The molecule has 1 spiro atoms. The maximum atomic E-state index is 5.74. The van der Waals surface area contributed by atoms with Crippen molar-refractivity contribution in [2.45, 2.75) is 56.1 Å². The molecule has 1 heterocycles. The molecule has 4 heteroatoms. The Labute approximate surface area is 109 Å². The van der Waals surface area contributed by atoms with E-state index >= 15 is 0 Å². The van der Waals surface area contributed by atoms with Crippen LogP contribution in [-0.4, -0.2) is 42.6 Å². The van der Waals surface area contributed by atoms with Gasteiger partial charge in [-0.05, 0) is 32.9 Å². The van der Waals surface area contributed by atoms with Gasteiger partial charge in [-0.15, -0.1) is 0 Å². The maximum Gasteiger partial charge on any atom is 0.168 e. The van der Waals surface area contributed by atoms with Crippen molar-refractivity contribution in [3.8, 4) is 0 Å². The van der Waals surface area contributed by atoms with Crippen molar-refractivity contribution in [1.29, 1.82) is 0 Å². The predicted molar refractivity (Wildman–Crippen MR) is 72.5 cm³/mol. The van der Waals surface area contributed by atoms with Crippen LogP contribution in [0.2, 0.25) is 0 Å². The van der Waals surface area contributed by atoms with Gasteiger partial charge in [0.1, 0.15) is 0 Å². The van der Waals surface area contributed by atoms with E-state index in [9.17, 15) is 0 Å². The Morgan fingerprint density at radius 1 is 1.24 bits per heavy atom. The molecule has 0 bridgehead atoms. The molecule has 2 fully saturated rings. The topological polar surface area (TPSA) is 30.5 Å². The average molecular weight is 259 g/mol. The van der Waals surface area contributed by atoms with E-state index < -0.39 is 0 Å². The van der Waals surface area contributed by atoms with E-state index in [0.717, 1.165) is 32.6 Å². The molecule has 0 radical (unpaired) electrons. The molecule has 1 saturated heterocycles. The Hall–Kier alpha value is 0.230. The van der Waals surface area contributed by atoms with Crippen molar-refractivity contribution < 1.29 is 9.47 Å². The van der Waals surface area contributed by atoms with Crippen molar-refractivity contribution in [2.24, 2.45) is 0 Å². The third-order valence-electron chi connectivity index (χ3n) is 3.93. The van der Waals surface area contributed by atoms with E-state index in [1.165, 1.54) is 12.8 Å². The third-order valence-corrected chi connectivity index (χ3v) is 5.18. The highest BCUT2D eigenvalue weighted by molar-refractivity contribution is 7.99. The van der Waals surface area contributed by atoms with Crippen molar-refractivity contribution >= 4 is 11.8 Å². The lowest BCUT2D eigenvalue weighted by Gasteiger charge is -2.36. The van der Waals surface area contributed by atoms with Crippen molar-refractivity contribution in [1.82, 2.24) is 5.32 Å². The number of ether oxygens (including phenoxy) is 2. The molecule has 1 aliphatic carbocycles. The van der Waals surface area contributed by atoms with Gasteiger partial charge in [-0.25, -0.2) is 0 Å². The molecule has 1 N–H and O–H groups in total. The fourth-order valence-electron chi connectivity index (χ4n) is 2.51. The monoisotopic (exact) mass is 259 g/mol. The summed E-state index contributed by atoms with van der Waals surface area (Å²) in [4.78, 5) is 0. The minimum Gasteiger partial charge on any atom is -0.348 e. The van der Waals surface area contributed by atoms with Crippen molar-refractivity contribution in [3.05, 3.63) is 0 Å². The minimum absolute atomic E-state index is 0.215. The largest absolute Gasteiger partial charge is 0.348 e. The van der Waals surface area contributed by atoms with Crippen LogP contribution in [0.5, 0.6) is 0 Å². The molecule has 17 heavy (non-hydrogen) atoms. The van der Waals surface area contributed by atoms with Crippen molar-refractivity contribution in [2.75, 3.05) is 26.0 Å². The average Bonchev–Trinajstić information content (AvgIpc) is 2.77. The SMILES string of the molecule is CSC(C)(C)CNC1CCC2(CC1)OCCO2. The summed E-state index contributed by atoms with van der Waals surface area (Å²) in [6.45, 7) is 7.21. The zero-order chi connectivity index (χ0) is 12.4. The van der Waals surface area contributed by atoms with Gasteiger partial charge in [0.25, 0.3) is 0 Å². The van der Waals surface area contributed by atoms with Gasteiger partial charge in [0.05, 0.1) is 13.2 Å². The zero-order valence-corrected chi connectivity index (χ0v) is 12.1. The van der Waals surface area contributed by atoms with Gasteiger partial charge in [-0.3, -0.25) is 0 Å². The quantitative estimate of drug-likeness (QED) is 0.840. The first-order chi connectivity index (χ1) is 8.05.